The zero-order valence-electron chi connectivity index (χ0n) is 12.9. The maximum atomic E-state index is 9.01. The van der Waals surface area contributed by atoms with Gasteiger partial charge < -0.3 is 10.4 Å². The van der Waals surface area contributed by atoms with Gasteiger partial charge in [-0.1, -0.05) is 20.3 Å². The maximum absolute atomic E-state index is 9.01. The third-order valence-electron chi connectivity index (χ3n) is 5.41. The van der Waals surface area contributed by atoms with Gasteiger partial charge in [-0.2, -0.15) is 0 Å². The molecule has 3 nitrogen and oxygen atoms in total. The van der Waals surface area contributed by atoms with Gasteiger partial charge in [-0.15, -0.1) is 0 Å². The van der Waals surface area contributed by atoms with Crippen LogP contribution in [0.4, 0.5) is 0 Å². The van der Waals surface area contributed by atoms with Gasteiger partial charge in [0.15, 0.2) is 0 Å². The first-order valence-electron chi connectivity index (χ1n) is 8.20. The Balaban J connectivity index is 1.92. The highest BCUT2D eigenvalue weighted by molar-refractivity contribution is 4.90. The minimum atomic E-state index is 0.251. The molecule has 1 aliphatic heterocycles. The largest absolute Gasteiger partial charge is 0.395 e. The lowest BCUT2D eigenvalue weighted by Crippen LogP contribution is -2.55. The second-order valence-corrected chi connectivity index (χ2v) is 7.00. The van der Waals surface area contributed by atoms with Crippen LogP contribution in [0.1, 0.15) is 46.5 Å². The van der Waals surface area contributed by atoms with Crippen molar-refractivity contribution in [2.75, 3.05) is 26.2 Å². The van der Waals surface area contributed by atoms with Crippen LogP contribution in [0.15, 0.2) is 0 Å². The molecule has 0 aromatic heterocycles. The highest BCUT2D eigenvalue weighted by Gasteiger charge is 2.35. The molecule has 1 heterocycles. The molecule has 0 aromatic rings. The van der Waals surface area contributed by atoms with Crippen LogP contribution in [-0.4, -0.2) is 48.3 Å². The van der Waals surface area contributed by atoms with E-state index in [2.05, 4.69) is 31.0 Å². The molecular formula is C16H32N2O. The molecule has 2 aliphatic rings. The normalized spacial score (nSPS) is 31.4. The number of likely N-dealkylation sites (tertiary alicyclic amines) is 1. The third-order valence-corrected chi connectivity index (χ3v) is 5.41. The summed E-state index contributed by atoms with van der Waals surface area (Å²) in [6, 6.07) is 1.31. The maximum Gasteiger partial charge on any atom is 0.0556 e. The Morgan fingerprint density at radius 3 is 2.42 bits per heavy atom. The lowest BCUT2D eigenvalue weighted by atomic mass is 9.77. The van der Waals surface area contributed by atoms with E-state index in [4.69, 9.17) is 5.11 Å². The lowest BCUT2D eigenvalue weighted by Gasteiger charge is -2.46. The van der Waals surface area contributed by atoms with Crippen LogP contribution in [0.3, 0.4) is 0 Å². The number of piperidine rings is 1. The Labute approximate surface area is 118 Å². The molecule has 2 fully saturated rings. The van der Waals surface area contributed by atoms with Crippen LogP contribution in [0.5, 0.6) is 0 Å². The standard InChI is InChI=1S/C16H32N2O/c1-12(2)15-9-16(17-7-8-19)11-18(10-15)13(3)14-5-4-6-14/h12-17,19H,4-11H2,1-3H3. The molecule has 3 unspecified atom stereocenters. The molecule has 0 spiro atoms. The summed E-state index contributed by atoms with van der Waals surface area (Å²) in [7, 11) is 0. The quantitative estimate of drug-likeness (QED) is 0.774. The van der Waals surface area contributed by atoms with E-state index >= 15 is 0 Å². The fourth-order valence-electron chi connectivity index (χ4n) is 3.63. The SMILES string of the molecule is CC(C)C1CC(NCCO)CN(C(C)C2CCC2)C1. The van der Waals surface area contributed by atoms with Crippen molar-refractivity contribution in [2.45, 2.75) is 58.5 Å². The average molecular weight is 268 g/mol. The topological polar surface area (TPSA) is 35.5 Å². The predicted octanol–water partition coefficient (Wildman–Crippen LogP) is 2.10. The molecule has 19 heavy (non-hydrogen) atoms. The number of aliphatic hydroxyl groups excluding tert-OH is 1. The van der Waals surface area contributed by atoms with Gasteiger partial charge in [0.25, 0.3) is 0 Å². The molecule has 2 N–H and O–H groups in total. The molecule has 0 bridgehead atoms. The first-order chi connectivity index (χ1) is 9.11. The summed E-state index contributed by atoms with van der Waals surface area (Å²) in [4.78, 5) is 2.72. The highest BCUT2D eigenvalue weighted by Crippen LogP contribution is 2.34. The van der Waals surface area contributed by atoms with Gasteiger partial charge in [0.1, 0.15) is 0 Å². The second kappa shape index (κ2) is 7.05. The third kappa shape index (κ3) is 3.93. The number of hydrogen-bond acceptors (Lipinski definition) is 3. The fraction of sp³-hybridized carbons (Fsp3) is 1.00. The first-order valence-corrected chi connectivity index (χ1v) is 8.20. The monoisotopic (exact) mass is 268 g/mol. The summed E-state index contributed by atoms with van der Waals surface area (Å²) < 4.78 is 0. The number of aliphatic hydroxyl groups is 1. The fourth-order valence-corrected chi connectivity index (χ4v) is 3.63. The van der Waals surface area contributed by atoms with Gasteiger partial charge >= 0.3 is 0 Å². The van der Waals surface area contributed by atoms with E-state index in [1.165, 1.54) is 38.8 Å². The minimum absolute atomic E-state index is 0.251. The highest BCUT2D eigenvalue weighted by atomic mass is 16.3. The van der Waals surface area contributed by atoms with E-state index in [0.29, 0.717) is 6.04 Å². The van der Waals surface area contributed by atoms with E-state index in [0.717, 1.165) is 30.3 Å². The summed E-state index contributed by atoms with van der Waals surface area (Å²) in [5, 5.41) is 12.5. The van der Waals surface area contributed by atoms with Crippen LogP contribution in [0.25, 0.3) is 0 Å². The first kappa shape index (κ1) is 15.3. The van der Waals surface area contributed by atoms with Crippen molar-refractivity contribution in [1.29, 1.82) is 0 Å². The van der Waals surface area contributed by atoms with Gasteiger partial charge in [-0.05, 0) is 43.9 Å². The van der Waals surface area contributed by atoms with Crippen molar-refractivity contribution in [1.82, 2.24) is 10.2 Å². The van der Waals surface area contributed by atoms with Crippen molar-refractivity contribution in [3.8, 4) is 0 Å². The summed E-state index contributed by atoms with van der Waals surface area (Å²) in [6.45, 7) is 10.6. The number of nitrogens with one attached hydrogen (secondary N) is 1. The molecule has 2 rings (SSSR count). The van der Waals surface area contributed by atoms with E-state index < -0.39 is 0 Å². The molecule has 3 heteroatoms. The summed E-state index contributed by atoms with van der Waals surface area (Å²) >= 11 is 0. The Morgan fingerprint density at radius 1 is 1.16 bits per heavy atom. The molecule has 0 radical (unpaired) electrons. The zero-order chi connectivity index (χ0) is 13.8. The van der Waals surface area contributed by atoms with Gasteiger partial charge in [0.2, 0.25) is 0 Å². The van der Waals surface area contributed by atoms with Gasteiger partial charge in [-0.3, -0.25) is 4.90 Å². The van der Waals surface area contributed by atoms with Crippen LogP contribution < -0.4 is 5.32 Å². The van der Waals surface area contributed by atoms with Gasteiger partial charge in [0, 0.05) is 31.7 Å². The average Bonchev–Trinajstić information content (AvgIpc) is 2.33. The van der Waals surface area contributed by atoms with Gasteiger partial charge in [-0.25, -0.2) is 0 Å². The lowest BCUT2D eigenvalue weighted by molar-refractivity contribution is 0.0390. The number of nitrogens with zero attached hydrogens (tertiary/aromatic N) is 1. The van der Waals surface area contributed by atoms with Crippen LogP contribution in [0, 0.1) is 17.8 Å². The minimum Gasteiger partial charge on any atom is -0.395 e. The predicted molar refractivity (Wildman–Crippen MR) is 80.2 cm³/mol. The van der Waals surface area contributed by atoms with Crippen molar-refractivity contribution in [3.63, 3.8) is 0 Å². The molecular weight excluding hydrogens is 236 g/mol. The van der Waals surface area contributed by atoms with Crippen molar-refractivity contribution >= 4 is 0 Å². The van der Waals surface area contributed by atoms with E-state index in [1.807, 2.05) is 0 Å². The Bertz CT molecular complexity index is 265. The molecule has 0 aromatic carbocycles. The molecule has 1 saturated heterocycles. The molecule has 0 amide bonds. The smallest absolute Gasteiger partial charge is 0.0556 e. The summed E-state index contributed by atoms with van der Waals surface area (Å²) in [5.41, 5.74) is 0. The van der Waals surface area contributed by atoms with Crippen LogP contribution in [0.2, 0.25) is 0 Å². The Kier molecular flexibility index (Phi) is 5.67. The number of rotatable bonds is 6. The zero-order valence-corrected chi connectivity index (χ0v) is 12.9. The summed E-state index contributed by atoms with van der Waals surface area (Å²) in [6.07, 6.45) is 5.56. The van der Waals surface area contributed by atoms with E-state index in [1.54, 1.807) is 0 Å². The van der Waals surface area contributed by atoms with Gasteiger partial charge in [0.05, 0.1) is 6.61 Å². The van der Waals surface area contributed by atoms with Crippen molar-refractivity contribution < 1.29 is 5.11 Å². The molecule has 112 valence electrons. The molecule has 1 aliphatic carbocycles. The second-order valence-electron chi connectivity index (χ2n) is 7.00. The Morgan fingerprint density at radius 2 is 1.89 bits per heavy atom. The van der Waals surface area contributed by atoms with E-state index in [-0.39, 0.29) is 6.61 Å². The Hall–Kier alpha value is -0.120. The van der Waals surface area contributed by atoms with Crippen LogP contribution in [-0.2, 0) is 0 Å². The van der Waals surface area contributed by atoms with Crippen LogP contribution >= 0.6 is 0 Å². The summed E-state index contributed by atoms with van der Waals surface area (Å²) in [5.74, 6) is 2.49. The molecule has 3 atom stereocenters. The number of hydrogen-bond donors (Lipinski definition) is 2. The van der Waals surface area contributed by atoms with Crippen molar-refractivity contribution in [3.05, 3.63) is 0 Å². The van der Waals surface area contributed by atoms with E-state index in [9.17, 15) is 0 Å². The van der Waals surface area contributed by atoms with Crippen molar-refractivity contribution in [2.24, 2.45) is 17.8 Å². The molecule has 1 saturated carbocycles.